The molecule has 2 aromatic rings. The van der Waals surface area contributed by atoms with Gasteiger partial charge in [0.2, 0.25) is 0 Å². The van der Waals surface area contributed by atoms with E-state index < -0.39 is 5.97 Å². The summed E-state index contributed by atoms with van der Waals surface area (Å²) in [5.74, 6) is 0.613. The maximum Gasteiger partial charge on any atom is 0.305 e. The molecule has 0 aliphatic heterocycles. The van der Waals surface area contributed by atoms with Crippen LogP contribution in [0.4, 0.5) is 0 Å². The number of carbonyl (C=O) groups is 1. The van der Waals surface area contributed by atoms with E-state index in [2.05, 4.69) is 0 Å². The zero-order valence-electron chi connectivity index (χ0n) is 11.3. The zero-order valence-corrected chi connectivity index (χ0v) is 11.3. The normalized spacial score (nSPS) is 10.7. The van der Waals surface area contributed by atoms with Gasteiger partial charge in [-0.15, -0.1) is 0 Å². The van der Waals surface area contributed by atoms with Gasteiger partial charge in [-0.1, -0.05) is 0 Å². The van der Waals surface area contributed by atoms with E-state index in [-0.39, 0.29) is 6.42 Å². The fourth-order valence-electron chi connectivity index (χ4n) is 2.22. The number of aromatic nitrogens is 1. The van der Waals surface area contributed by atoms with Gasteiger partial charge < -0.3 is 19.1 Å². The maximum absolute atomic E-state index is 10.7. The van der Waals surface area contributed by atoms with Crippen molar-refractivity contribution in [2.75, 3.05) is 14.2 Å². The van der Waals surface area contributed by atoms with Crippen molar-refractivity contribution in [3.05, 3.63) is 23.9 Å². The molecule has 0 fully saturated rings. The number of methoxy groups -OCH3 is 2. The molecule has 1 heterocycles. The van der Waals surface area contributed by atoms with Gasteiger partial charge in [0.05, 0.1) is 26.2 Å². The zero-order chi connectivity index (χ0) is 14.0. The Morgan fingerprint density at radius 1 is 1.26 bits per heavy atom. The van der Waals surface area contributed by atoms with Crippen LogP contribution in [-0.2, 0) is 11.3 Å². The second-order valence-electron chi connectivity index (χ2n) is 4.34. The summed E-state index contributed by atoms with van der Waals surface area (Å²) < 4.78 is 12.6. The molecule has 0 unspecified atom stereocenters. The number of aryl methyl sites for hydroxylation is 2. The second kappa shape index (κ2) is 5.22. The molecule has 1 N–H and O–H groups in total. The van der Waals surface area contributed by atoms with Crippen molar-refractivity contribution in [2.24, 2.45) is 0 Å². The van der Waals surface area contributed by atoms with Gasteiger partial charge in [0.1, 0.15) is 11.5 Å². The molecule has 0 aliphatic rings. The van der Waals surface area contributed by atoms with Crippen LogP contribution in [0.3, 0.4) is 0 Å². The van der Waals surface area contributed by atoms with Gasteiger partial charge >= 0.3 is 5.97 Å². The van der Waals surface area contributed by atoms with E-state index in [1.807, 2.05) is 29.7 Å². The Morgan fingerprint density at radius 2 is 2.00 bits per heavy atom. The lowest BCUT2D eigenvalue weighted by Crippen LogP contribution is -2.05. The Balaban J connectivity index is 2.56. The van der Waals surface area contributed by atoms with Crippen LogP contribution in [0.2, 0.25) is 0 Å². The highest BCUT2D eigenvalue weighted by Crippen LogP contribution is 2.33. The van der Waals surface area contributed by atoms with Crippen LogP contribution >= 0.6 is 0 Å². The molecule has 102 valence electrons. The van der Waals surface area contributed by atoms with Gasteiger partial charge in [-0.25, -0.2) is 0 Å². The smallest absolute Gasteiger partial charge is 0.305 e. The van der Waals surface area contributed by atoms with E-state index in [0.29, 0.717) is 12.3 Å². The van der Waals surface area contributed by atoms with E-state index in [4.69, 9.17) is 14.6 Å². The third-order valence-electron chi connectivity index (χ3n) is 3.17. The van der Waals surface area contributed by atoms with Gasteiger partial charge in [-0.3, -0.25) is 4.79 Å². The Kier molecular flexibility index (Phi) is 3.64. The predicted molar refractivity (Wildman–Crippen MR) is 72.0 cm³/mol. The molecule has 0 amide bonds. The number of nitrogens with zero attached hydrogens (tertiary/aromatic N) is 1. The van der Waals surface area contributed by atoms with Crippen LogP contribution in [0.5, 0.6) is 11.5 Å². The van der Waals surface area contributed by atoms with Crippen LogP contribution in [0.15, 0.2) is 18.2 Å². The molecule has 5 heteroatoms. The van der Waals surface area contributed by atoms with Crippen LogP contribution in [0, 0.1) is 6.92 Å². The molecule has 0 saturated heterocycles. The fraction of sp³-hybridized carbons (Fsp3) is 0.357. The minimum absolute atomic E-state index is 0.0874. The first-order valence-electron chi connectivity index (χ1n) is 6.00. The molecular weight excluding hydrogens is 246 g/mol. The summed E-state index contributed by atoms with van der Waals surface area (Å²) in [6.07, 6.45) is 0.0874. The van der Waals surface area contributed by atoms with E-state index in [9.17, 15) is 4.79 Å². The molecule has 1 aromatic heterocycles. The van der Waals surface area contributed by atoms with Gasteiger partial charge in [0, 0.05) is 29.8 Å². The first kappa shape index (κ1) is 13.3. The lowest BCUT2D eigenvalue weighted by molar-refractivity contribution is -0.137. The Hall–Kier alpha value is -2.17. The first-order valence-corrected chi connectivity index (χ1v) is 6.00. The SMILES string of the molecule is COc1cc(OC)c2cc(C)n(CCC(=O)O)c2c1. The summed E-state index contributed by atoms with van der Waals surface area (Å²) in [6, 6.07) is 5.71. The maximum atomic E-state index is 10.7. The molecule has 0 saturated carbocycles. The van der Waals surface area contributed by atoms with Gasteiger partial charge in [-0.05, 0) is 13.0 Å². The number of rotatable bonds is 5. The number of benzene rings is 1. The minimum atomic E-state index is -0.809. The fourth-order valence-corrected chi connectivity index (χ4v) is 2.22. The minimum Gasteiger partial charge on any atom is -0.497 e. The highest BCUT2D eigenvalue weighted by molar-refractivity contribution is 5.89. The van der Waals surface area contributed by atoms with Crippen LogP contribution in [0.25, 0.3) is 10.9 Å². The van der Waals surface area contributed by atoms with Crippen molar-refractivity contribution >= 4 is 16.9 Å². The number of hydrogen-bond acceptors (Lipinski definition) is 3. The van der Waals surface area contributed by atoms with E-state index in [0.717, 1.165) is 22.3 Å². The first-order chi connectivity index (χ1) is 9.06. The third kappa shape index (κ3) is 2.50. The number of fused-ring (bicyclic) bond motifs is 1. The molecule has 19 heavy (non-hydrogen) atoms. The molecular formula is C14H17NO4. The van der Waals surface area contributed by atoms with E-state index >= 15 is 0 Å². The molecule has 0 aliphatic carbocycles. The number of carboxylic acids is 1. The summed E-state index contributed by atoms with van der Waals surface area (Å²) in [4.78, 5) is 10.7. The summed E-state index contributed by atoms with van der Waals surface area (Å²) in [6.45, 7) is 2.38. The number of aliphatic carboxylic acids is 1. The number of ether oxygens (including phenoxy) is 2. The lowest BCUT2D eigenvalue weighted by atomic mass is 10.2. The van der Waals surface area contributed by atoms with Crippen molar-refractivity contribution in [3.8, 4) is 11.5 Å². The molecule has 1 aromatic carbocycles. The molecule has 0 bridgehead atoms. The monoisotopic (exact) mass is 263 g/mol. The van der Waals surface area contributed by atoms with Crippen molar-refractivity contribution in [3.63, 3.8) is 0 Å². The summed E-state index contributed by atoms with van der Waals surface area (Å²) in [5.41, 5.74) is 1.93. The van der Waals surface area contributed by atoms with Crippen molar-refractivity contribution in [1.82, 2.24) is 4.57 Å². The summed E-state index contributed by atoms with van der Waals surface area (Å²) in [5, 5.41) is 9.78. The number of carboxylic acid groups (broad SMARTS) is 1. The highest BCUT2D eigenvalue weighted by Gasteiger charge is 2.13. The Labute approximate surface area is 111 Å². The van der Waals surface area contributed by atoms with Gasteiger partial charge in [0.25, 0.3) is 0 Å². The molecule has 0 atom stereocenters. The average molecular weight is 263 g/mol. The Morgan fingerprint density at radius 3 is 2.58 bits per heavy atom. The standard InChI is InChI=1S/C14H17NO4/c1-9-6-11-12(15(9)5-4-14(16)17)7-10(18-2)8-13(11)19-3/h6-8H,4-5H2,1-3H3,(H,16,17). The Bertz CT molecular complexity index is 615. The van der Waals surface area contributed by atoms with Gasteiger partial charge in [0.15, 0.2) is 0 Å². The van der Waals surface area contributed by atoms with Crippen LogP contribution in [-0.4, -0.2) is 29.9 Å². The molecule has 5 nitrogen and oxygen atoms in total. The molecule has 0 radical (unpaired) electrons. The summed E-state index contributed by atoms with van der Waals surface area (Å²) >= 11 is 0. The van der Waals surface area contributed by atoms with Crippen molar-refractivity contribution in [1.29, 1.82) is 0 Å². The quantitative estimate of drug-likeness (QED) is 0.900. The van der Waals surface area contributed by atoms with E-state index in [1.165, 1.54) is 0 Å². The second-order valence-corrected chi connectivity index (χ2v) is 4.34. The van der Waals surface area contributed by atoms with Gasteiger partial charge in [-0.2, -0.15) is 0 Å². The summed E-state index contributed by atoms with van der Waals surface area (Å²) in [7, 11) is 3.20. The van der Waals surface area contributed by atoms with Crippen LogP contribution < -0.4 is 9.47 Å². The number of hydrogen-bond donors (Lipinski definition) is 1. The average Bonchev–Trinajstić information content (AvgIpc) is 2.70. The van der Waals surface area contributed by atoms with Crippen molar-refractivity contribution in [2.45, 2.75) is 19.9 Å². The highest BCUT2D eigenvalue weighted by atomic mass is 16.5. The molecule has 0 spiro atoms. The lowest BCUT2D eigenvalue weighted by Gasteiger charge is -2.09. The van der Waals surface area contributed by atoms with Crippen LogP contribution in [0.1, 0.15) is 12.1 Å². The predicted octanol–water partition coefficient (Wildman–Crippen LogP) is 2.44. The topological polar surface area (TPSA) is 60.7 Å². The largest absolute Gasteiger partial charge is 0.497 e. The third-order valence-corrected chi connectivity index (χ3v) is 3.17. The molecule has 2 rings (SSSR count). The van der Waals surface area contributed by atoms with Crippen molar-refractivity contribution < 1.29 is 19.4 Å². The van der Waals surface area contributed by atoms with E-state index in [1.54, 1.807) is 14.2 Å².